The Morgan fingerprint density at radius 3 is 2.59 bits per heavy atom. The molecule has 1 saturated carbocycles. The molecule has 0 aromatic carbocycles. The molecule has 0 aromatic heterocycles. The van der Waals surface area contributed by atoms with E-state index in [0.717, 1.165) is 19.3 Å². The second kappa shape index (κ2) is 5.81. The molecule has 8 heteroatoms. The number of sulfonamides is 1. The summed E-state index contributed by atoms with van der Waals surface area (Å²) < 4.78 is 24.8. The highest BCUT2D eigenvalue weighted by Crippen LogP contribution is 2.42. The molecule has 3 fully saturated rings. The molecule has 7 nitrogen and oxygen atoms in total. The SMILES string of the molecule is O=C(O)C1C2CCCC2CN1C(=O)CCN1CCCS1(=O)=O. The van der Waals surface area contributed by atoms with Gasteiger partial charge < -0.3 is 10.0 Å². The maximum atomic E-state index is 12.4. The van der Waals surface area contributed by atoms with Crippen LogP contribution >= 0.6 is 0 Å². The molecule has 0 aromatic rings. The van der Waals surface area contributed by atoms with Crippen LogP contribution in [0.15, 0.2) is 0 Å². The monoisotopic (exact) mass is 330 g/mol. The number of aliphatic carboxylic acids is 1. The largest absolute Gasteiger partial charge is 0.480 e. The number of nitrogens with zero attached hydrogens (tertiary/aromatic N) is 2. The van der Waals surface area contributed by atoms with E-state index in [9.17, 15) is 23.1 Å². The topological polar surface area (TPSA) is 95.0 Å². The van der Waals surface area contributed by atoms with Crippen LogP contribution in [0.25, 0.3) is 0 Å². The van der Waals surface area contributed by atoms with Crippen LogP contribution in [0.3, 0.4) is 0 Å². The van der Waals surface area contributed by atoms with Crippen LogP contribution in [0.1, 0.15) is 32.1 Å². The Balaban J connectivity index is 1.63. The van der Waals surface area contributed by atoms with E-state index in [4.69, 9.17) is 0 Å². The molecule has 22 heavy (non-hydrogen) atoms. The fraction of sp³-hybridized carbons (Fsp3) is 0.857. The number of rotatable bonds is 4. The third kappa shape index (κ3) is 2.74. The van der Waals surface area contributed by atoms with Crippen LogP contribution in [-0.4, -0.2) is 66.0 Å². The zero-order valence-electron chi connectivity index (χ0n) is 12.5. The second-order valence-corrected chi connectivity index (χ2v) is 8.59. The first-order valence-corrected chi connectivity index (χ1v) is 9.51. The minimum atomic E-state index is -3.20. The van der Waals surface area contributed by atoms with Crippen molar-refractivity contribution in [2.24, 2.45) is 11.8 Å². The summed E-state index contributed by atoms with van der Waals surface area (Å²) in [5.74, 6) is -0.662. The lowest BCUT2D eigenvalue weighted by Gasteiger charge is -2.25. The molecular formula is C14H22N2O5S. The van der Waals surface area contributed by atoms with Crippen molar-refractivity contribution in [3.63, 3.8) is 0 Å². The molecule has 1 aliphatic carbocycles. The molecule has 3 atom stereocenters. The van der Waals surface area contributed by atoms with Gasteiger partial charge in [0.2, 0.25) is 15.9 Å². The van der Waals surface area contributed by atoms with E-state index in [2.05, 4.69) is 0 Å². The smallest absolute Gasteiger partial charge is 0.326 e. The van der Waals surface area contributed by atoms with Crippen molar-refractivity contribution in [1.29, 1.82) is 0 Å². The van der Waals surface area contributed by atoms with Gasteiger partial charge in [-0.05, 0) is 31.1 Å². The van der Waals surface area contributed by atoms with Gasteiger partial charge in [-0.25, -0.2) is 17.5 Å². The van der Waals surface area contributed by atoms with Crippen molar-refractivity contribution in [1.82, 2.24) is 9.21 Å². The fourth-order valence-electron chi connectivity index (χ4n) is 4.18. The second-order valence-electron chi connectivity index (χ2n) is 6.50. The summed E-state index contributed by atoms with van der Waals surface area (Å²) in [6.07, 6.45) is 3.56. The molecule has 2 heterocycles. The first-order valence-electron chi connectivity index (χ1n) is 7.90. The number of carboxylic acid groups (broad SMARTS) is 1. The molecule has 1 amide bonds. The van der Waals surface area contributed by atoms with Gasteiger partial charge in [-0.3, -0.25) is 4.79 Å². The van der Waals surface area contributed by atoms with Crippen LogP contribution in [0.2, 0.25) is 0 Å². The van der Waals surface area contributed by atoms with Gasteiger partial charge in [0.15, 0.2) is 0 Å². The summed E-state index contributed by atoms with van der Waals surface area (Å²) in [4.78, 5) is 25.4. The van der Waals surface area contributed by atoms with Gasteiger partial charge >= 0.3 is 5.97 Å². The summed E-state index contributed by atoms with van der Waals surface area (Å²) in [6, 6.07) is -0.727. The summed E-state index contributed by atoms with van der Waals surface area (Å²) in [7, 11) is -3.20. The number of carboxylic acids is 1. The van der Waals surface area contributed by atoms with E-state index < -0.39 is 22.0 Å². The number of amides is 1. The molecule has 2 aliphatic heterocycles. The number of likely N-dealkylation sites (tertiary alicyclic amines) is 1. The Labute approximate surface area is 130 Å². The van der Waals surface area contributed by atoms with Crippen molar-refractivity contribution in [2.45, 2.75) is 38.1 Å². The molecule has 3 unspecified atom stereocenters. The minimum Gasteiger partial charge on any atom is -0.480 e. The average Bonchev–Trinajstić information content (AvgIpc) is 3.08. The Hall–Kier alpha value is -1.15. The summed E-state index contributed by atoms with van der Waals surface area (Å²) in [6.45, 7) is 1.13. The Bertz CT molecular complexity index is 576. The predicted octanol–water partition coefficient (Wildman–Crippen LogP) is 0.124. The molecule has 1 N–H and O–H groups in total. The quantitative estimate of drug-likeness (QED) is 0.790. The van der Waals surface area contributed by atoms with Gasteiger partial charge in [-0.15, -0.1) is 0 Å². The maximum Gasteiger partial charge on any atom is 0.326 e. The first kappa shape index (κ1) is 15.7. The number of carbonyl (C=O) groups is 2. The van der Waals surface area contributed by atoms with Gasteiger partial charge in [0.1, 0.15) is 6.04 Å². The molecule has 3 rings (SSSR count). The van der Waals surface area contributed by atoms with Crippen molar-refractivity contribution in [3.8, 4) is 0 Å². The van der Waals surface area contributed by atoms with E-state index in [0.29, 0.717) is 25.4 Å². The van der Waals surface area contributed by atoms with E-state index in [-0.39, 0.29) is 30.5 Å². The minimum absolute atomic E-state index is 0.0666. The molecule has 3 aliphatic rings. The zero-order chi connectivity index (χ0) is 15.9. The van der Waals surface area contributed by atoms with Crippen LogP contribution in [0.4, 0.5) is 0 Å². The average molecular weight is 330 g/mol. The van der Waals surface area contributed by atoms with Gasteiger partial charge in [-0.2, -0.15) is 0 Å². The van der Waals surface area contributed by atoms with Crippen LogP contribution < -0.4 is 0 Å². The van der Waals surface area contributed by atoms with Crippen molar-refractivity contribution in [3.05, 3.63) is 0 Å². The number of hydrogen-bond acceptors (Lipinski definition) is 4. The highest BCUT2D eigenvalue weighted by Gasteiger charge is 2.49. The molecule has 2 saturated heterocycles. The lowest BCUT2D eigenvalue weighted by molar-refractivity contribution is -0.149. The van der Waals surface area contributed by atoms with E-state index in [1.807, 2.05) is 0 Å². The van der Waals surface area contributed by atoms with Gasteiger partial charge in [0, 0.05) is 26.1 Å². The molecular weight excluding hydrogens is 308 g/mol. The Morgan fingerprint density at radius 1 is 1.18 bits per heavy atom. The normalized spacial score (nSPS) is 34.0. The third-order valence-electron chi connectivity index (χ3n) is 5.24. The van der Waals surface area contributed by atoms with E-state index in [1.165, 1.54) is 9.21 Å². The Morgan fingerprint density at radius 2 is 1.95 bits per heavy atom. The zero-order valence-corrected chi connectivity index (χ0v) is 13.3. The maximum absolute atomic E-state index is 12.4. The number of fused-ring (bicyclic) bond motifs is 1. The summed E-state index contributed by atoms with van der Waals surface area (Å²) in [5, 5.41) is 9.44. The summed E-state index contributed by atoms with van der Waals surface area (Å²) >= 11 is 0. The fourth-order valence-corrected chi connectivity index (χ4v) is 5.71. The van der Waals surface area contributed by atoms with E-state index >= 15 is 0 Å². The highest BCUT2D eigenvalue weighted by atomic mass is 32.2. The standard InChI is InChI=1S/C14H22N2O5S/c17-12(5-7-15-6-2-8-22(15,20)21)16-9-10-3-1-4-11(10)13(16)14(18)19/h10-11,13H,1-9H2,(H,18,19). The predicted molar refractivity (Wildman–Crippen MR) is 78.6 cm³/mol. The van der Waals surface area contributed by atoms with Crippen molar-refractivity contribution in [2.75, 3.05) is 25.4 Å². The van der Waals surface area contributed by atoms with Gasteiger partial charge in [0.25, 0.3) is 0 Å². The van der Waals surface area contributed by atoms with E-state index in [1.54, 1.807) is 0 Å². The number of carbonyl (C=O) groups excluding carboxylic acids is 1. The lowest BCUT2D eigenvalue weighted by atomic mass is 9.94. The Kier molecular flexibility index (Phi) is 4.15. The third-order valence-corrected chi connectivity index (χ3v) is 7.20. The van der Waals surface area contributed by atoms with Gasteiger partial charge in [0.05, 0.1) is 5.75 Å². The molecule has 0 radical (unpaired) electrons. The van der Waals surface area contributed by atoms with Gasteiger partial charge in [-0.1, -0.05) is 6.42 Å². The van der Waals surface area contributed by atoms with Crippen LogP contribution in [0.5, 0.6) is 0 Å². The first-order chi connectivity index (χ1) is 10.4. The van der Waals surface area contributed by atoms with Crippen molar-refractivity contribution < 1.29 is 23.1 Å². The molecule has 124 valence electrons. The molecule has 0 spiro atoms. The van der Waals surface area contributed by atoms with Crippen molar-refractivity contribution >= 4 is 21.9 Å². The highest BCUT2D eigenvalue weighted by molar-refractivity contribution is 7.89. The molecule has 0 bridgehead atoms. The van der Waals surface area contributed by atoms with Crippen LogP contribution in [-0.2, 0) is 19.6 Å². The van der Waals surface area contributed by atoms with Crippen LogP contribution in [0, 0.1) is 11.8 Å². The number of hydrogen-bond donors (Lipinski definition) is 1. The summed E-state index contributed by atoms with van der Waals surface area (Å²) in [5.41, 5.74) is 0. The lowest BCUT2D eigenvalue weighted by Crippen LogP contribution is -2.44.